The first-order valence-corrected chi connectivity index (χ1v) is 6.12. The Morgan fingerprint density at radius 1 is 1.24 bits per heavy atom. The maximum absolute atomic E-state index is 13.2. The lowest BCUT2D eigenvalue weighted by Crippen LogP contribution is -2.04. The molecule has 2 aromatic rings. The average molecular weight is 294 g/mol. The third-order valence-electron chi connectivity index (χ3n) is 2.61. The molecule has 0 amide bonds. The van der Waals surface area contributed by atoms with E-state index in [2.05, 4.69) is 15.6 Å². The molecule has 0 radical (unpaired) electrons. The molecule has 2 rings (SSSR count). The zero-order valence-corrected chi connectivity index (χ0v) is 11.1. The summed E-state index contributed by atoms with van der Waals surface area (Å²) in [5.74, 6) is -1.66. The minimum Gasteiger partial charge on any atom is -0.370 e. The highest BCUT2D eigenvalue weighted by atomic mass is 19.2. The Morgan fingerprint density at radius 2 is 2.00 bits per heavy atom. The van der Waals surface area contributed by atoms with E-state index >= 15 is 0 Å². The SMILES string of the molecule is CCNc1ccc([N+](=O)[O-])c(Nc2ccc(F)c(F)c2)n1. The van der Waals surface area contributed by atoms with E-state index in [4.69, 9.17) is 0 Å². The van der Waals surface area contributed by atoms with Gasteiger partial charge in [0.15, 0.2) is 11.6 Å². The summed E-state index contributed by atoms with van der Waals surface area (Å²) in [6, 6.07) is 5.85. The number of halogens is 2. The fourth-order valence-corrected chi connectivity index (χ4v) is 1.68. The van der Waals surface area contributed by atoms with Crippen molar-refractivity contribution in [2.45, 2.75) is 6.92 Å². The third-order valence-corrected chi connectivity index (χ3v) is 2.61. The molecule has 0 saturated heterocycles. The van der Waals surface area contributed by atoms with Crippen LogP contribution in [0.4, 0.5) is 31.8 Å². The molecule has 1 heterocycles. The predicted octanol–water partition coefficient (Wildman–Crippen LogP) is 3.44. The highest BCUT2D eigenvalue weighted by Crippen LogP contribution is 2.27. The first kappa shape index (κ1) is 14.6. The number of benzene rings is 1. The second-order valence-electron chi connectivity index (χ2n) is 4.11. The highest BCUT2D eigenvalue weighted by Gasteiger charge is 2.16. The Morgan fingerprint density at radius 3 is 2.62 bits per heavy atom. The summed E-state index contributed by atoms with van der Waals surface area (Å²) >= 11 is 0. The number of hydrogen-bond acceptors (Lipinski definition) is 5. The number of nitrogens with zero attached hydrogens (tertiary/aromatic N) is 2. The smallest absolute Gasteiger partial charge is 0.311 e. The minimum absolute atomic E-state index is 0.0514. The fourth-order valence-electron chi connectivity index (χ4n) is 1.68. The molecular weight excluding hydrogens is 282 g/mol. The highest BCUT2D eigenvalue weighted by molar-refractivity contribution is 5.67. The van der Waals surface area contributed by atoms with E-state index < -0.39 is 16.6 Å². The minimum atomic E-state index is -1.05. The van der Waals surface area contributed by atoms with Gasteiger partial charge in [0.05, 0.1) is 4.92 Å². The molecule has 8 heteroatoms. The van der Waals surface area contributed by atoms with Crippen molar-refractivity contribution in [1.82, 2.24) is 4.98 Å². The standard InChI is InChI=1S/C13H12F2N4O2/c1-2-16-12-6-5-11(19(20)21)13(18-12)17-8-3-4-9(14)10(15)7-8/h3-7H,2H2,1H3,(H2,16,17,18). The topological polar surface area (TPSA) is 80.1 Å². The normalized spacial score (nSPS) is 10.2. The third kappa shape index (κ3) is 3.41. The van der Waals surface area contributed by atoms with Crippen LogP contribution in [-0.2, 0) is 0 Å². The predicted molar refractivity (Wildman–Crippen MR) is 74.7 cm³/mol. The van der Waals surface area contributed by atoms with Crippen molar-refractivity contribution in [2.24, 2.45) is 0 Å². The van der Waals surface area contributed by atoms with E-state index in [1.54, 1.807) is 0 Å². The van der Waals surface area contributed by atoms with Crippen LogP contribution in [0.25, 0.3) is 0 Å². The quantitative estimate of drug-likeness (QED) is 0.652. The molecule has 110 valence electrons. The molecule has 1 aromatic carbocycles. The lowest BCUT2D eigenvalue weighted by molar-refractivity contribution is -0.384. The van der Waals surface area contributed by atoms with Crippen molar-refractivity contribution in [3.8, 4) is 0 Å². The molecule has 0 fully saturated rings. The van der Waals surface area contributed by atoms with Crippen LogP contribution >= 0.6 is 0 Å². The molecule has 0 spiro atoms. The van der Waals surface area contributed by atoms with Gasteiger partial charge in [0, 0.05) is 24.4 Å². The summed E-state index contributed by atoms with van der Waals surface area (Å²) in [5.41, 5.74) is -0.0977. The number of nitro groups is 1. The zero-order valence-electron chi connectivity index (χ0n) is 11.1. The molecule has 0 saturated carbocycles. The molecule has 21 heavy (non-hydrogen) atoms. The maximum atomic E-state index is 13.2. The van der Waals surface area contributed by atoms with E-state index in [9.17, 15) is 18.9 Å². The van der Waals surface area contributed by atoms with Gasteiger partial charge in [-0.05, 0) is 25.1 Å². The summed E-state index contributed by atoms with van der Waals surface area (Å²) < 4.78 is 26.0. The van der Waals surface area contributed by atoms with Gasteiger partial charge in [0.2, 0.25) is 5.82 Å². The van der Waals surface area contributed by atoms with E-state index in [1.807, 2.05) is 6.92 Å². The van der Waals surface area contributed by atoms with Gasteiger partial charge < -0.3 is 10.6 Å². The lowest BCUT2D eigenvalue weighted by atomic mass is 10.3. The number of aromatic nitrogens is 1. The van der Waals surface area contributed by atoms with E-state index in [-0.39, 0.29) is 17.2 Å². The summed E-state index contributed by atoms with van der Waals surface area (Å²) in [6.45, 7) is 2.45. The van der Waals surface area contributed by atoms with Crippen molar-refractivity contribution >= 4 is 23.0 Å². The fraction of sp³-hybridized carbons (Fsp3) is 0.154. The van der Waals surface area contributed by atoms with Gasteiger partial charge in [0.25, 0.3) is 0 Å². The Bertz CT molecular complexity index is 679. The monoisotopic (exact) mass is 294 g/mol. The Kier molecular flexibility index (Phi) is 4.27. The van der Waals surface area contributed by atoms with E-state index in [0.717, 1.165) is 12.1 Å². The largest absolute Gasteiger partial charge is 0.370 e. The molecule has 0 unspecified atom stereocenters. The van der Waals surface area contributed by atoms with Gasteiger partial charge in [-0.1, -0.05) is 0 Å². The number of anilines is 3. The zero-order chi connectivity index (χ0) is 15.4. The van der Waals surface area contributed by atoms with Gasteiger partial charge in [-0.3, -0.25) is 10.1 Å². The molecule has 0 bridgehead atoms. The van der Waals surface area contributed by atoms with Crippen LogP contribution in [0.1, 0.15) is 6.92 Å². The second kappa shape index (κ2) is 6.12. The van der Waals surface area contributed by atoms with Crippen LogP contribution in [0, 0.1) is 21.7 Å². The molecular formula is C13H12F2N4O2. The molecule has 0 aliphatic heterocycles. The first-order valence-electron chi connectivity index (χ1n) is 6.12. The summed E-state index contributed by atoms with van der Waals surface area (Å²) in [7, 11) is 0. The Labute approximate surface area is 119 Å². The molecule has 6 nitrogen and oxygen atoms in total. The summed E-state index contributed by atoms with van der Waals surface area (Å²) in [4.78, 5) is 14.4. The molecule has 1 aromatic heterocycles. The Hall–Kier alpha value is -2.77. The van der Waals surface area contributed by atoms with Crippen molar-refractivity contribution in [2.75, 3.05) is 17.2 Å². The van der Waals surface area contributed by atoms with Gasteiger partial charge in [-0.15, -0.1) is 0 Å². The lowest BCUT2D eigenvalue weighted by Gasteiger charge is -2.09. The van der Waals surface area contributed by atoms with Crippen molar-refractivity contribution in [3.05, 3.63) is 52.1 Å². The number of hydrogen-bond donors (Lipinski definition) is 2. The van der Waals surface area contributed by atoms with Crippen LogP contribution in [0.15, 0.2) is 30.3 Å². The van der Waals surface area contributed by atoms with Crippen LogP contribution in [-0.4, -0.2) is 16.5 Å². The summed E-state index contributed by atoms with van der Waals surface area (Å²) in [6.07, 6.45) is 0. The second-order valence-corrected chi connectivity index (χ2v) is 4.11. The van der Waals surface area contributed by atoms with Gasteiger partial charge in [0.1, 0.15) is 5.82 Å². The molecule has 0 atom stereocenters. The van der Waals surface area contributed by atoms with Crippen LogP contribution in [0.5, 0.6) is 0 Å². The Balaban J connectivity index is 2.37. The van der Waals surface area contributed by atoms with Crippen LogP contribution in [0.3, 0.4) is 0 Å². The van der Waals surface area contributed by atoms with Gasteiger partial charge >= 0.3 is 5.69 Å². The number of pyridine rings is 1. The molecule has 0 aliphatic carbocycles. The van der Waals surface area contributed by atoms with Crippen molar-refractivity contribution in [3.63, 3.8) is 0 Å². The first-order chi connectivity index (χ1) is 10.0. The number of nitrogens with one attached hydrogen (secondary N) is 2. The van der Waals surface area contributed by atoms with Gasteiger partial charge in [-0.25, -0.2) is 13.8 Å². The van der Waals surface area contributed by atoms with E-state index in [0.29, 0.717) is 12.4 Å². The summed E-state index contributed by atoms with van der Waals surface area (Å²) in [5, 5.41) is 16.5. The van der Waals surface area contributed by atoms with Crippen LogP contribution < -0.4 is 10.6 Å². The van der Waals surface area contributed by atoms with Crippen LogP contribution in [0.2, 0.25) is 0 Å². The van der Waals surface area contributed by atoms with E-state index in [1.165, 1.54) is 18.2 Å². The molecule has 2 N–H and O–H groups in total. The number of rotatable bonds is 5. The van der Waals surface area contributed by atoms with Crippen molar-refractivity contribution in [1.29, 1.82) is 0 Å². The van der Waals surface area contributed by atoms with Crippen molar-refractivity contribution < 1.29 is 13.7 Å². The maximum Gasteiger partial charge on any atom is 0.311 e. The van der Waals surface area contributed by atoms with Gasteiger partial charge in [-0.2, -0.15) is 0 Å². The molecule has 0 aliphatic rings. The average Bonchev–Trinajstić information content (AvgIpc) is 2.43.